The van der Waals surface area contributed by atoms with Crippen LogP contribution in [0.2, 0.25) is 0 Å². The van der Waals surface area contributed by atoms with Crippen molar-refractivity contribution in [2.24, 2.45) is 0 Å². The Kier molecular flexibility index (Phi) is 9.34. The molecule has 43 heavy (non-hydrogen) atoms. The van der Waals surface area contributed by atoms with Crippen molar-refractivity contribution in [3.63, 3.8) is 0 Å². The number of hydrogen-bond donors (Lipinski definition) is 3. The first-order valence-corrected chi connectivity index (χ1v) is 15.3. The Labute approximate surface area is 252 Å². The highest BCUT2D eigenvalue weighted by Crippen LogP contribution is 2.24. The van der Waals surface area contributed by atoms with Gasteiger partial charge in [0.05, 0.1) is 6.20 Å². The molecule has 4 heterocycles. The Morgan fingerprint density at radius 1 is 1.12 bits per heavy atom. The predicted octanol–water partition coefficient (Wildman–Crippen LogP) is 4.58. The van der Waals surface area contributed by atoms with Gasteiger partial charge in [0.2, 0.25) is 11.9 Å². The summed E-state index contributed by atoms with van der Waals surface area (Å²) in [5, 5.41) is 14.6. The Balaban J connectivity index is 1.26. The molecule has 0 spiro atoms. The van der Waals surface area contributed by atoms with E-state index in [2.05, 4.69) is 34.9 Å². The van der Waals surface area contributed by atoms with Crippen molar-refractivity contribution in [1.82, 2.24) is 29.8 Å². The fourth-order valence-electron chi connectivity index (χ4n) is 5.36. The molecule has 0 saturated carbocycles. The third kappa shape index (κ3) is 7.92. The normalized spacial score (nSPS) is 18.1. The zero-order valence-corrected chi connectivity index (χ0v) is 25.9. The van der Waals surface area contributed by atoms with Crippen LogP contribution in [0.1, 0.15) is 87.7 Å². The lowest BCUT2D eigenvalue weighted by molar-refractivity contribution is 0.0185. The van der Waals surface area contributed by atoms with Gasteiger partial charge in [-0.25, -0.2) is 4.79 Å². The molecular weight excluding hydrogens is 548 g/mol. The van der Waals surface area contributed by atoms with Gasteiger partial charge < -0.3 is 30.3 Å². The number of rotatable bonds is 8. The van der Waals surface area contributed by atoms with Crippen molar-refractivity contribution in [3.05, 3.63) is 47.2 Å². The lowest BCUT2D eigenvalue weighted by Gasteiger charge is -2.34. The van der Waals surface area contributed by atoms with Crippen molar-refractivity contribution >= 4 is 29.5 Å². The van der Waals surface area contributed by atoms with E-state index in [1.54, 1.807) is 15.5 Å². The number of hydrogen-bond acceptors (Lipinski definition) is 9. The van der Waals surface area contributed by atoms with Crippen LogP contribution in [0.5, 0.6) is 0 Å². The minimum Gasteiger partial charge on any atom is -0.444 e. The van der Waals surface area contributed by atoms with Crippen molar-refractivity contribution in [3.8, 4) is 0 Å². The maximum absolute atomic E-state index is 13.2. The number of carbonyl (C=O) groups excluding carboxylic acids is 2. The van der Waals surface area contributed by atoms with Crippen LogP contribution in [0.4, 0.5) is 16.7 Å². The molecule has 0 unspecified atom stereocenters. The van der Waals surface area contributed by atoms with Gasteiger partial charge in [-0.3, -0.25) is 4.79 Å². The molecule has 0 aliphatic carbocycles. The summed E-state index contributed by atoms with van der Waals surface area (Å²) in [5.41, 5.74) is 2.74. The van der Waals surface area contributed by atoms with Crippen molar-refractivity contribution in [1.29, 1.82) is 0 Å². The molecule has 5 rings (SSSR count). The molecule has 1 atom stereocenters. The third-order valence-electron chi connectivity index (χ3n) is 7.62. The molecule has 2 fully saturated rings. The Morgan fingerprint density at radius 2 is 1.91 bits per heavy atom. The van der Waals surface area contributed by atoms with E-state index in [9.17, 15) is 9.59 Å². The Bertz CT molecular complexity index is 1430. The SMILES string of the molecule is CC(C)c1cnn2c(NCc3cccc(C(=O)N[C@H]4CCCN(C(=O)OC(C)(C)C)C4)c3)nc(NC3CCOCC3)nc12. The van der Waals surface area contributed by atoms with Gasteiger partial charge in [-0.15, -0.1) is 0 Å². The van der Waals surface area contributed by atoms with E-state index in [4.69, 9.17) is 19.4 Å². The number of piperidine rings is 1. The number of benzene rings is 1. The molecule has 0 bridgehead atoms. The molecule has 12 nitrogen and oxygen atoms in total. The van der Waals surface area contributed by atoms with Crippen LogP contribution in [0.25, 0.3) is 5.65 Å². The average Bonchev–Trinajstić information content (AvgIpc) is 3.40. The molecule has 0 radical (unpaired) electrons. The topological polar surface area (TPSA) is 135 Å². The van der Waals surface area contributed by atoms with Crippen LogP contribution in [0.15, 0.2) is 30.5 Å². The van der Waals surface area contributed by atoms with E-state index in [1.165, 1.54) is 0 Å². The van der Waals surface area contributed by atoms with Gasteiger partial charge >= 0.3 is 6.09 Å². The first-order valence-electron chi connectivity index (χ1n) is 15.3. The number of anilines is 2. The largest absolute Gasteiger partial charge is 0.444 e. The second-order valence-electron chi connectivity index (χ2n) is 12.7. The van der Waals surface area contributed by atoms with Crippen LogP contribution in [0, 0.1) is 0 Å². The van der Waals surface area contributed by atoms with Gasteiger partial charge in [0.1, 0.15) is 5.60 Å². The summed E-state index contributed by atoms with van der Waals surface area (Å²) >= 11 is 0. The first kappa shape index (κ1) is 30.5. The smallest absolute Gasteiger partial charge is 0.410 e. The zero-order chi connectivity index (χ0) is 30.6. The molecule has 12 heteroatoms. The molecule has 3 N–H and O–H groups in total. The molecule has 2 aliphatic rings. The highest BCUT2D eigenvalue weighted by Gasteiger charge is 2.28. The zero-order valence-electron chi connectivity index (χ0n) is 25.9. The molecular formula is C31H44N8O4. The summed E-state index contributed by atoms with van der Waals surface area (Å²) in [5.74, 6) is 1.22. The third-order valence-corrected chi connectivity index (χ3v) is 7.62. The van der Waals surface area contributed by atoms with Gasteiger partial charge in [-0.2, -0.15) is 19.6 Å². The minimum absolute atomic E-state index is 0.138. The number of nitrogens with one attached hydrogen (secondary N) is 3. The minimum atomic E-state index is -0.559. The van der Waals surface area contributed by atoms with Gasteiger partial charge in [0.15, 0.2) is 5.65 Å². The quantitative estimate of drug-likeness (QED) is 0.343. The number of likely N-dealkylation sites (tertiary alicyclic amines) is 1. The summed E-state index contributed by atoms with van der Waals surface area (Å²) < 4.78 is 12.8. The van der Waals surface area contributed by atoms with Crippen molar-refractivity contribution in [2.75, 3.05) is 36.9 Å². The summed E-state index contributed by atoms with van der Waals surface area (Å²) in [7, 11) is 0. The van der Waals surface area contributed by atoms with Crippen LogP contribution >= 0.6 is 0 Å². The van der Waals surface area contributed by atoms with Crippen molar-refractivity contribution in [2.45, 2.75) is 90.4 Å². The van der Waals surface area contributed by atoms with Gasteiger partial charge in [0.25, 0.3) is 5.91 Å². The summed E-state index contributed by atoms with van der Waals surface area (Å²) in [4.78, 5) is 37.0. The second-order valence-corrected chi connectivity index (χ2v) is 12.7. The molecule has 1 aromatic carbocycles. The average molecular weight is 593 g/mol. The number of amides is 2. The van der Waals surface area contributed by atoms with Gasteiger partial charge in [0, 0.05) is 56.1 Å². The van der Waals surface area contributed by atoms with E-state index >= 15 is 0 Å². The maximum Gasteiger partial charge on any atom is 0.410 e. The monoisotopic (exact) mass is 592 g/mol. The fraction of sp³-hybridized carbons (Fsp3) is 0.581. The Hall–Kier alpha value is -3.93. The molecule has 2 aliphatic heterocycles. The standard InChI is InChI=1S/C31H44N8O4/c1-20(2)25-18-33-39-26(25)36-28(35-23-11-14-42-15-12-23)37-29(39)32-17-21-8-6-9-22(16-21)27(40)34-24-10-7-13-38(19-24)30(41)43-31(3,4)5/h6,8-9,16,18,20,23-24H,7,10-15,17,19H2,1-5H3,(H,34,40)(H2,32,35,36,37)/t24-/m0/s1. The van der Waals surface area contributed by atoms with Crippen LogP contribution in [0.3, 0.4) is 0 Å². The van der Waals surface area contributed by atoms with Gasteiger partial charge in [-0.1, -0.05) is 26.0 Å². The highest BCUT2D eigenvalue weighted by atomic mass is 16.6. The van der Waals surface area contributed by atoms with E-state index in [0.717, 1.165) is 55.7 Å². The number of nitrogens with zero attached hydrogens (tertiary/aromatic N) is 5. The highest BCUT2D eigenvalue weighted by molar-refractivity contribution is 5.94. The van der Waals surface area contributed by atoms with Crippen LogP contribution in [-0.2, 0) is 16.0 Å². The lowest BCUT2D eigenvalue weighted by atomic mass is 10.0. The maximum atomic E-state index is 13.2. The number of aromatic nitrogens is 4. The van der Waals surface area contributed by atoms with E-state index < -0.39 is 5.60 Å². The predicted molar refractivity (Wildman–Crippen MR) is 164 cm³/mol. The summed E-state index contributed by atoms with van der Waals surface area (Å²) in [6.45, 7) is 12.7. The van der Waals surface area contributed by atoms with E-state index in [1.807, 2.05) is 45.2 Å². The molecule has 3 aromatic rings. The van der Waals surface area contributed by atoms with E-state index in [0.29, 0.717) is 37.1 Å². The van der Waals surface area contributed by atoms with Crippen molar-refractivity contribution < 1.29 is 19.1 Å². The molecule has 2 saturated heterocycles. The van der Waals surface area contributed by atoms with Crippen LogP contribution < -0.4 is 16.0 Å². The lowest BCUT2D eigenvalue weighted by Crippen LogP contribution is -2.50. The summed E-state index contributed by atoms with van der Waals surface area (Å²) in [6.07, 6.45) is 4.92. The summed E-state index contributed by atoms with van der Waals surface area (Å²) in [6, 6.07) is 7.63. The molecule has 232 valence electrons. The number of fused-ring (bicyclic) bond motifs is 1. The number of ether oxygens (including phenoxy) is 2. The van der Waals surface area contributed by atoms with Gasteiger partial charge in [-0.05, 0) is 70.1 Å². The van der Waals surface area contributed by atoms with E-state index in [-0.39, 0.29) is 30.0 Å². The first-order chi connectivity index (χ1) is 20.6. The molecule has 2 amide bonds. The second kappa shape index (κ2) is 13.2. The van der Waals surface area contributed by atoms with Crippen LogP contribution in [-0.4, -0.2) is 80.5 Å². The number of carbonyl (C=O) groups is 2. The fourth-order valence-corrected chi connectivity index (χ4v) is 5.36. The molecule has 2 aromatic heterocycles. The Morgan fingerprint density at radius 3 is 2.65 bits per heavy atom.